The lowest BCUT2D eigenvalue weighted by Crippen LogP contribution is -2.17. The first-order chi connectivity index (χ1) is 9.47. The maximum absolute atomic E-state index is 11.2. The third kappa shape index (κ3) is 5.13. The summed E-state index contributed by atoms with van der Waals surface area (Å²) in [7, 11) is 1.40. The van der Waals surface area contributed by atoms with E-state index in [0.717, 1.165) is 22.2 Å². The van der Waals surface area contributed by atoms with Crippen LogP contribution in [0.25, 0.3) is 0 Å². The predicted molar refractivity (Wildman–Crippen MR) is 82.7 cm³/mol. The van der Waals surface area contributed by atoms with Gasteiger partial charge in [0.2, 0.25) is 0 Å². The van der Waals surface area contributed by atoms with Gasteiger partial charge in [0.15, 0.2) is 0 Å². The van der Waals surface area contributed by atoms with Gasteiger partial charge in [0.25, 0.3) is 0 Å². The number of rotatable bonds is 7. The zero-order valence-electron chi connectivity index (χ0n) is 12.2. The molecule has 0 aliphatic rings. The quantitative estimate of drug-likeness (QED) is 0.770. The van der Waals surface area contributed by atoms with Crippen molar-refractivity contribution in [3.63, 3.8) is 0 Å². The molecule has 0 bridgehead atoms. The first-order valence-corrected chi connectivity index (χ1v) is 7.51. The van der Waals surface area contributed by atoms with E-state index in [2.05, 4.69) is 20.7 Å². The van der Waals surface area contributed by atoms with Crippen molar-refractivity contribution in [2.75, 3.05) is 13.7 Å². The van der Waals surface area contributed by atoms with Crippen LogP contribution in [0.1, 0.15) is 38.3 Å². The van der Waals surface area contributed by atoms with Crippen molar-refractivity contribution in [1.29, 1.82) is 0 Å². The molecule has 2 atom stereocenters. The summed E-state index contributed by atoms with van der Waals surface area (Å²) in [5, 5.41) is 0. The lowest BCUT2D eigenvalue weighted by molar-refractivity contribution is -0.141. The van der Waals surface area contributed by atoms with E-state index in [-0.39, 0.29) is 17.9 Å². The normalized spacial score (nSPS) is 13.7. The van der Waals surface area contributed by atoms with E-state index in [4.69, 9.17) is 10.5 Å². The molecule has 0 saturated heterocycles. The Kier molecular flexibility index (Phi) is 7.02. The van der Waals surface area contributed by atoms with Crippen molar-refractivity contribution in [2.45, 2.75) is 32.7 Å². The average Bonchev–Trinajstić information content (AvgIpc) is 2.38. The van der Waals surface area contributed by atoms with Crippen molar-refractivity contribution < 1.29 is 14.3 Å². The maximum Gasteiger partial charge on any atom is 0.305 e. The molecule has 0 aliphatic heterocycles. The number of nitrogens with two attached hydrogens (primary N) is 1. The van der Waals surface area contributed by atoms with Crippen LogP contribution in [0.3, 0.4) is 0 Å². The molecule has 1 aromatic carbocycles. The Bertz CT molecular complexity index is 451. The molecule has 1 aromatic rings. The lowest BCUT2D eigenvalue weighted by atomic mass is 9.94. The van der Waals surface area contributed by atoms with Gasteiger partial charge in [0.1, 0.15) is 5.75 Å². The number of methoxy groups -OCH3 is 1. The highest BCUT2D eigenvalue weighted by Gasteiger charge is 2.17. The predicted octanol–water partition coefficient (Wildman–Crippen LogP) is 3.44. The second-order valence-electron chi connectivity index (χ2n) is 4.84. The zero-order chi connectivity index (χ0) is 15.1. The van der Waals surface area contributed by atoms with E-state index in [1.165, 1.54) is 7.11 Å². The summed E-state index contributed by atoms with van der Waals surface area (Å²) in [4.78, 5) is 11.2. The fourth-order valence-corrected chi connectivity index (χ4v) is 2.73. The molecule has 0 aliphatic carbocycles. The summed E-state index contributed by atoms with van der Waals surface area (Å²) in [5.74, 6) is 0.796. The summed E-state index contributed by atoms with van der Waals surface area (Å²) in [6.45, 7) is 4.58. The Morgan fingerprint density at radius 3 is 2.70 bits per heavy atom. The topological polar surface area (TPSA) is 61.5 Å². The minimum atomic E-state index is -0.199. The molecule has 20 heavy (non-hydrogen) atoms. The zero-order valence-corrected chi connectivity index (χ0v) is 13.8. The van der Waals surface area contributed by atoms with E-state index in [9.17, 15) is 4.79 Å². The first-order valence-electron chi connectivity index (χ1n) is 6.72. The molecular weight excluding hydrogens is 322 g/mol. The highest BCUT2D eigenvalue weighted by molar-refractivity contribution is 9.10. The Labute approximate surface area is 128 Å². The van der Waals surface area contributed by atoms with Gasteiger partial charge in [-0.25, -0.2) is 0 Å². The van der Waals surface area contributed by atoms with Crippen LogP contribution >= 0.6 is 15.9 Å². The summed E-state index contributed by atoms with van der Waals surface area (Å²) in [6, 6.07) is 5.67. The summed E-state index contributed by atoms with van der Waals surface area (Å²) in [5.41, 5.74) is 7.23. The molecule has 0 spiro atoms. The molecule has 2 unspecified atom stereocenters. The molecule has 0 aromatic heterocycles. The Hall–Kier alpha value is -1.07. The standard InChI is InChI=1S/C15H22BrNO3/c1-4-20-11-5-6-12(13(16)9-11)14(17)7-10(2)8-15(18)19-3/h5-6,9-10,14H,4,7-8,17H2,1-3H3. The third-order valence-corrected chi connectivity index (χ3v) is 3.77. The molecule has 0 radical (unpaired) electrons. The Morgan fingerprint density at radius 1 is 1.45 bits per heavy atom. The van der Waals surface area contributed by atoms with Gasteiger partial charge >= 0.3 is 5.97 Å². The number of carbonyl (C=O) groups excluding carboxylic acids is 1. The largest absolute Gasteiger partial charge is 0.494 e. The maximum atomic E-state index is 11.2. The van der Waals surface area contributed by atoms with Crippen LogP contribution in [-0.2, 0) is 9.53 Å². The summed E-state index contributed by atoms with van der Waals surface area (Å²) >= 11 is 3.52. The molecule has 112 valence electrons. The molecule has 0 saturated carbocycles. The highest BCUT2D eigenvalue weighted by Crippen LogP contribution is 2.30. The number of carbonyl (C=O) groups is 1. The van der Waals surface area contributed by atoms with Crippen molar-refractivity contribution >= 4 is 21.9 Å². The summed E-state index contributed by atoms with van der Waals surface area (Å²) < 4.78 is 11.0. The van der Waals surface area contributed by atoms with Crippen molar-refractivity contribution in [3.05, 3.63) is 28.2 Å². The van der Waals surface area contributed by atoms with Gasteiger partial charge < -0.3 is 15.2 Å². The van der Waals surface area contributed by atoms with Crippen molar-refractivity contribution in [2.24, 2.45) is 11.7 Å². The lowest BCUT2D eigenvalue weighted by Gasteiger charge is -2.18. The SMILES string of the molecule is CCOc1ccc(C(N)CC(C)CC(=O)OC)c(Br)c1. The number of ether oxygens (including phenoxy) is 2. The minimum absolute atomic E-state index is 0.125. The molecule has 0 fully saturated rings. The Morgan fingerprint density at radius 2 is 2.15 bits per heavy atom. The van der Waals surface area contributed by atoms with Crippen LogP contribution in [0.15, 0.2) is 22.7 Å². The number of esters is 1. The average molecular weight is 344 g/mol. The van der Waals surface area contributed by atoms with Crippen LogP contribution in [0, 0.1) is 5.92 Å². The number of hydrogen-bond acceptors (Lipinski definition) is 4. The second kappa shape index (κ2) is 8.27. The second-order valence-corrected chi connectivity index (χ2v) is 5.70. The Balaban J connectivity index is 2.67. The van der Waals surface area contributed by atoms with Gasteiger partial charge in [0.05, 0.1) is 13.7 Å². The molecule has 0 amide bonds. The van der Waals surface area contributed by atoms with Crippen LogP contribution in [0.4, 0.5) is 0 Å². The molecule has 0 heterocycles. The molecular formula is C15H22BrNO3. The highest BCUT2D eigenvalue weighted by atomic mass is 79.9. The molecule has 4 nitrogen and oxygen atoms in total. The van der Waals surface area contributed by atoms with Gasteiger partial charge in [-0.2, -0.15) is 0 Å². The fraction of sp³-hybridized carbons (Fsp3) is 0.533. The number of benzene rings is 1. The van der Waals surface area contributed by atoms with E-state index < -0.39 is 0 Å². The van der Waals surface area contributed by atoms with Crippen LogP contribution in [0.2, 0.25) is 0 Å². The van der Waals surface area contributed by atoms with E-state index in [1.54, 1.807) is 0 Å². The fourth-order valence-electron chi connectivity index (χ4n) is 2.08. The van der Waals surface area contributed by atoms with Crippen molar-refractivity contribution in [3.8, 4) is 5.75 Å². The third-order valence-electron chi connectivity index (χ3n) is 3.08. The van der Waals surface area contributed by atoms with Crippen LogP contribution in [0.5, 0.6) is 5.75 Å². The monoisotopic (exact) mass is 343 g/mol. The van der Waals surface area contributed by atoms with Gasteiger partial charge in [-0.05, 0) is 37.0 Å². The van der Waals surface area contributed by atoms with Gasteiger partial charge in [-0.1, -0.05) is 28.9 Å². The van der Waals surface area contributed by atoms with Crippen molar-refractivity contribution in [1.82, 2.24) is 0 Å². The summed E-state index contributed by atoms with van der Waals surface area (Å²) in [6.07, 6.45) is 1.11. The molecule has 5 heteroatoms. The van der Waals surface area contributed by atoms with Gasteiger partial charge in [-0.15, -0.1) is 0 Å². The number of halogens is 1. The van der Waals surface area contributed by atoms with Crippen LogP contribution < -0.4 is 10.5 Å². The van der Waals surface area contributed by atoms with E-state index in [0.29, 0.717) is 13.0 Å². The molecule has 1 rings (SSSR count). The van der Waals surface area contributed by atoms with E-state index >= 15 is 0 Å². The minimum Gasteiger partial charge on any atom is -0.494 e. The van der Waals surface area contributed by atoms with E-state index in [1.807, 2.05) is 32.0 Å². The smallest absolute Gasteiger partial charge is 0.305 e. The van der Waals surface area contributed by atoms with Crippen LogP contribution in [-0.4, -0.2) is 19.7 Å². The number of hydrogen-bond donors (Lipinski definition) is 1. The van der Waals surface area contributed by atoms with Gasteiger partial charge in [-0.3, -0.25) is 4.79 Å². The first kappa shape index (κ1) is 17.0. The van der Waals surface area contributed by atoms with Gasteiger partial charge in [0, 0.05) is 16.9 Å². The molecule has 2 N–H and O–H groups in total.